The van der Waals surface area contributed by atoms with E-state index in [1.54, 1.807) is 0 Å². The standard InChI is InChI=1S/3Al.Dy.6O/q;;;+3;;;;3*-1. The van der Waals surface area contributed by atoms with E-state index >= 15 is 0 Å². The summed E-state index contributed by atoms with van der Waals surface area (Å²) in [6, 6.07) is 0. The molecule has 1 radical (unpaired) electrons. The molecule has 0 aromatic carbocycles. The topological polar surface area (TPSA) is 120 Å². The Kier molecular flexibility index (Phi) is 103. The molecule has 0 aromatic heterocycles. The molecule has 10 heavy (non-hydrogen) atoms. The number of rotatable bonds is 0. The zero-order valence-electron chi connectivity index (χ0n) is 4.50. The Morgan fingerprint density at radius 1 is 0.700 bits per heavy atom. The minimum absolute atomic E-state index is 0. The van der Waals surface area contributed by atoms with Crippen LogP contribution in [0.25, 0.3) is 0 Å². The van der Waals surface area contributed by atoms with E-state index in [1.807, 2.05) is 0 Å². The van der Waals surface area contributed by atoms with Gasteiger partial charge in [0, 0.05) is 0 Å². The first-order chi connectivity index (χ1) is 4.24. The molecule has 0 saturated carbocycles. The van der Waals surface area contributed by atoms with Crippen molar-refractivity contribution in [3.05, 3.63) is 0 Å². The molecule has 0 aliphatic carbocycles. The monoisotopic (exact) mass is 341 g/mol. The molecule has 0 aliphatic rings. The van der Waals surface area contributed by atoms with Gasteiger partial charge >= 0.3 is 109 Å². The minimum atomic E-state index is -1.75. The fourth-order valence-electron chi connectivity index (χ4n) is 0. The molecule has 0 aliphatic heterocycles. The summed E-state index contributed by atoms with van der Waals surface area (Å²) < 4.78 is 50.8. The molecule has 0 unspecified atom stereocenters. The van der Waals surface area contributed by atoms with Crippen LogP contribution in [0.1, 0.15) is 0 Å². The fraction of sp³-hybridized carbons (Fsp3) is 0. The summed E-state index contributed by atoms with van der Waals surface area (Å²) >= 11 is -5.25. The van der Waals surface area contributed by atoms with Crippen molar-refractivity contribution in [2.75, 3.05) is 0 Å². The summed E-state index contributed by atoms with van der Waals surface area (Å²) in [5.41, 5.74) is 0. The molecule has 0 saturated heterocycles. The summed E-state index contributed by atoms with van der Waals surface area (Å²) in [6.45, 7) is 0. The van der Waals surface area contributed by atoms with Crippen LogP contribution >= 0.6 is 0 Å². The number of hydrogen-bond donors (Lipinski definition) is 0. The molecular weight excluding hydrogens is 339 g/mol. The van der Waals surface area contributed by atoms with Gasteiger partial charge in [0.15, 0.2) is 0 Å². The van der Waals surface area contributed by atoms with Crippen molar-refractivity contribution < 1.29 is 62.1 Å². The van der Waals surface area contributed by atoms with Crippen LogP contribution in [-0.2, 0) is 11.4 Å². The second kappa shape index (κ2) is 45.7. The van der Waals surface area contributed by atoms with Gasteiger partial charge < -0.3 is 0 Å². The predicted molar refractivity (Wildman–Crippen MR) is 19.3 cm³/mol. The van der Waals surface area contributed by atoms with Gasteiger partial charge in [-0.2, -0.15) is 0 Å². The Labute approximate surface area is 107 Å². The maximum absolute atomic E-state index is 8.46. The molecule has 0 bridgehead atoms. The van der Waals surface area contributed by atoms with Crippen LogP contribution in [0.5, 0.6) is 0 Å². The van der Waals surface area contributed by atoms with Crippen LogP contribution in [-0.4, -0.2) is 46.5 Å². The average molecular weight is 339 g/mol. The van der Waals surface area contributed by atoms with Gasteiger partial charge in [0.05, 0.1) is 0 Å². The molecule has 6 nitrogen and oxygen atoms in total. The quantitative estimate of drug-likeness (QED) is 0.407. The van der Waals surface area contributed by atoms with E-state index in [1.165, 1.54) is 0 Å². The first kappa shape index (κ1) is 22.6. The summed E-state index contributed by atoms with van der Waals surface area (Å²) in [6.07, 6.45) is 0. The fourth-order valence-corrected chi connectivity index (χ4v) is 0. The van der Waals surface area contributed by atoms with Gasteiger partial charge in [-0.1, -0.05) is 0 Å². The third kappa shape index (κ3) is 261. The van der Waals surface area contributed by atoms with Crippen molar-refractivity contribution in [2.45, 2.75) is 0 Å². The van der Waals surface area contributed by atoms with Crippen molar-refractivity contribution in [1.29, 1.82) is 0 Å². The Bertz CT molecular complexity index is 49.7. The molecule has 0 rings (SSSR count). The van der Waals surface area contributed by atoms with Crippen LogP contribution in [0.4, 0.5) is 0 Å². The molecule has 0 heterocycles. The van der Waals surface area contributed by atoms with E-state index in [0.717, 1.165) is 0 Å². The van der Waals surface area contributed by atoms with Crippen molar-refractivity contribution in [3.63, 3.8) is 0 Å². The van der Waals surface area contributed by atoms with E-state index in [9.17, 15) is 0 Å². The molecule has 0 spiro atoms. The number of hydrogen-bond acceptors (Lipinski definition) is 6. The molecule has 0 fully saturated rings. The van der Waals surface area contributed by atoms with E-state index in [4.69, 9.17) is 23.9 Å². The van der Waals surface area contributed by atoms with E-state index in [2.05, 4.69) is 0 Å². The normalized spacial score (nSPS) is 2.40. The molecule has 10 heteroatoms. The third-order valence-corrected chi connectivity index (χ3v) is 0. The van der Waals surface area contributed by atoms with Crippen molar-refractivity contribution >= 4 is 46.5 Å². The SMILES string of the molecule is [Dy+3].[O]=[Al][O-].[O]=[Al][O-].[O]=[Al][O-]. The molecule has 0 atom stereocenters. The average Bonchev–Trinajstić information content (AvgIpc) is 1.70. The van der Waals surface area contributed by atoms with E-state index in [0.29, 0.717) is 0 Å². The molecule has 0 amide bonds. The first-order valence-electron chi connectivity index (χ1n) is 1.41. The second-order valence-electron chi connectivity index (χ2n) is 0.289. The molecular formula is Al3DyO6. The zero-order valence-corrected chi connectivity index (χ0v) is 9.99. The summed E-state index contributed by atoms with van der Waals surface area (Å²) in [5.74, 6) is 0. The van der Waals surface area contributed by atoms with E-state index < -0.39 is 46.5 Å². The Morgan fingerprint density at radius 2 is 0.700 bits per heavy atom. The van der Waals surface area contributed by atoms with Gasteiger partial charge in [-0.05, 0) is 0 Å². The van der Waals surface area contributed by atoms with Crippen LogP contribution in [0, 0.1) is 38.2 Å². The molecule has 55 valence electrons. The Balaban J connectivity index is -0.0000000257. The Morgan fingerprint density at radius 3 is 0.700 bits per heavy atom. The predicted octanol–water partition coefficient (Wildman–Crippen LogP) is -5.07. The maximum atomic E-state index is 8.46. The van der Waals surface area contributed by atoms with Gasteiger partial charge in [0.25, 0.3) is 0 Å². The van der Waals surface area contributed by atoms with Crippen molar-refractivity contribution in [2.24, 2.45) is 0 Å². The van der Waals surface area contributed by atoms with Crippen LogP contribution in [0.15, 0.2) is 0 Å². The van der Waals surface area contributed by atoms with Gasteiger partial charge in [-0.3, -0.25) is 0 Å². The third-order valence-electron chi connectivity index (χ3n) is 0. The Hall–Kier alpha value is 1.67. The van der Waals surface area contributed by atoms with Gasteiger partial charge in [0.2, 0.25) is 0 Å². The van der Waals surface area contributed by atoms with E-state index in [-0.39, 0.29) is 38.2 Å². The zero-order chi connectivity index (χ0) is 8.12. The second-order valence-corrected chi connectivity index (χ2v) is 0.866. The summed E-state index contributed by atoms with van der Waals surface area (Å²) in [5, 5.41) is 0. The molecule has 0 N–H and O–H groups in total. The van der Waals surface area contributed by atoms with Crippen LogP contribution < -0.4 is 12.5 Å². The van der Waals surface area contributed by atoms with Gasteiger partial charge in [-0.25, -0.2) is 0 Å². The first-order valence-corrected chi connectivity index (χ1v) is 4.24. The van der Waals surface area contributed by atoms with Crippen LogP contribution in [0.2, 0.25) is 0 Å². The van der Waals surface area contributed by atoms with Crippen molar-refractivity contribution in [1.82, 2.24) is 0 Å². The van der Waals surface area contributed by atoms with Gasteiger partial charge in [0.1, 0.15) is 0 Å². The van der Waals surface area contributed by atoms with Gasteiger partial charge in [-0.15, -0.1) is 0 Å². The summed E-state index contributed by atoms with van der Waals surface area (Å²) in [4.78, 5) is 0. The summed E-state index contributed by atoms with van der Waals surface area (Å²) in [7, 11) is 0. The molecule has 0 aromatic rings. The van der Waals surface area contributed by atoms with Crippen LogP contribution in [0.3, 0.4) is 0 Å². The van der Waals surface area contributed by atoms with Crippen molar-refractivity contribution in [3.8, 4) is 0 Å².